The summed E-state index contributed by atoms with van der Waals surface area (Å²) in [4.78, 5) is 18.8. The number of hydrogen-bond acceptors (Lipinski definition) is 5. The van der Waals surface area contributed by atoms with Crippen LogP contribution in [0.15, 0.2) is 73.1 Å². The van der Waals surface area contributed by atoms with Gasteiger partial charge in [-0.2, -0.15) is 0 Å². The Hall–Kier alpha value is -3.38. The van der Waals surface area contributed by atoms with Crippen molar-refractivity contribution in [3.8, 4) is 17.2 Å². The molecule has 1 fully saturated rings. The number of para-hydroxylation sites is 2. The van der Waals surface area contributed by atoms with Crippen LogP contribution in [0.4, 0.5) is 0 Å². The fourth-order valence-electron chi connectivity index (χ4n) is 4.00. The molecule has 4 rings (SSSR count). The Balaban J connectivity index is 1.26. The van der Waals surface area contributed by atoms with Crippen LogP contribution in [0.25, 0.3) is 0 Å². The number of pyridine rings is 1. The number of methoxy groups -OCH3 is 1. The average molecular weight is 432 g/mol. The molecule has 1 saturated heterocycles. The van der Waals surface area contributed by atoms with Crippen molar-refractivity contribution in [2.45, 2.75) is 31.8 Å². The molecule has 0 saturated carbocycles. The highest BCUT2D eigenvalue weighted by molar-refractivity contribution is 5.78. The lowest BCUT2D eigenvalue weighted by atomic mass is 10.0. The van der Waals surface area contributed by atoms with Crippen LogP contribution in [-0.4, -0.2) is 42.0 Å². The van der Waals surface area contributed by atoms with Crippen LogP contribution in [0.3, 0.4) is 0 Å². The van der Waals surface area contributed by atoms with Crippen molar-refractivity contribution in [1.82, 2.24) is 15.2 Å². The smallest absolute Gasteiger partial charge is 0.224 e. The van der Waals surface area contributed by atoms with Crippen molar-refractivity contribution in [1.29, 1.82) is 0 Å². The molecule has 1 aliphatic rings. The van der Waals surface area contributed by atoms with Crippen LogP contribution in [0.2, 0.25) is 0 Å². The number of benzene rings is 2. The second-order valence-corrected chi connectivity index (χ2v) is 8.06. The Morgan fingerprint density at radius 3 is 2.56 bits per heavy atom. The molecule has 2 aromatic carbocycles. The van der Waals surface area contributed by atoms with Crippen molar-refractivity contribution in [3.63, 3.8) is 0 Å². The van der Waals surface area contributed by atoms with Crippen LogP contribution in [0, 0.1) is 0 Å². The molecule has 1 N–H and O–H groups in total. The van der Waals surface area contributed by atoms with Crippen molar-refractivity contribution < 1.29 is 14.3 Å². The van der Waals surface area contributed by atoms with E-state index in [2.05, 4.69) is 27.3 Å². The van der Waals surface area contributed by atoms with E-state index in [-0.39, 0.29) is 11.9 Å². The summed E-state index contributed by atoms with van der Waals surface area (Å²) in [6.07, 6.45) is 5.75. The van der Waals surface area contributed by atoms with Gasteiger partial charge in [0.2, 0.25) is 5.91 Å². The predicted molar refractivity (Wildman–Crippen MR) is 124 cm³/mol. The third-order valence-electron chi connectivity index (χ3n) is 5.64. The number of amides is 1. The zero-order valence-electron chi connectivity index (χ0n) is 18.4. The molecular formula is C26H29N3O3. The van der Waals surface area contributed by atoms with Gasteiger partial charge in [0.05, 0.1) is 13.5 Å². The minimum atomic E-state index is 0.0673. The first kappa shape index (κ1) is 21.8. The molecule has 6 nitrogen and oxygen atoms in total. The molecule has 166 valence electrons. The Bertz CT molecular complexity index is 1020. The van der Waals surface area contributed by atoms with Crippen LogP contribution >= 0.6 is 0 Å². The van der Waals surface area contributed by atoms with Gasteiger partial charge in [-0.05, 0) is 54.3 Å². The zero-order chi connectivity index (χ0) is 22.2. The number of ether oxygens (including phenoxy) is 2. The maximum Gasteiger partial charge on any atom is 0.224 e. The summed E-state index contributed by atoms with van der Waals surface area (Å²) >= 11 is 0. The zero-order valence-corrected chi connectivity index (χ0v) is 18.4. The summed E-state index contributed by atoms with van der Waals surface area (Å²) in [5, 5.41) is 3.17. The summed E-state index contributed by atoms with van der Waals surface area (Å²) in [7, 11) is 1.64. The number of carbonyl (C=O) groups is 1. The van der Waals surface area contributed by atoms with Gasteiger partial charge < -0.3 is 14.8 Å². The minimum Gasteiger partial charge on any atom is -0.493 e. The van der Waals surface area contributed by atoms with Gasteiger partial charge in [0.1, 0.15) is 5.75 Å². The maximum atomic E-state index is 12.3. The number of likely N-dealkylation sites (tertiary alicyclic amines) is 1. The molecule has 6 heteroatoms. The van der Waals surface area contributed by atoms with Crippen molar-refractivity contribution >= 4 is 5.91 Å². The first-order valence-corrected chi connectivity index (χ1v) is 11.0. The van der Waals surface area contributed by atoms with Crippen molar-refractivity contribution in [3.05, 3.63) is 84.2 Å². The van der Waals surface area contributed by atoms with E-state index in [1.807, 2.05) is 48.5 Å². The van der Waals surface area contributed by atoms with Crippen LogP contribution in [0.5, 0.6) is 17.2 Å². The van der Waals surface area contributed by atoms with Crippen molar-refractivity contribution in [2.75, 3.05) is 20.2 Å². The Kier molecular flexibility index (Phi) is 7.35. The van der Waals surface area contributed by atoms with Gasteiger partial charge in [0, 0.05) is 38.1 Å². The number of nitrogens with one attached hydrogen (secondary N) is 1. The van der Waals surface area contributed by atoms with Gasteiger partial charge in [0.15, 0.2) is 11.5 Å². The quantitative estimate of drug-likeness (QED) is 0.579. The average Bonchev–Trinajstić information content (AvgIpc) is 2.82. The van der Waals surface area contributed by atoms with Gasteiger partial charge in [-0.15, -0.1) is 0 Å². The fraction of sp³-hybridized carbons (Fsp3) is 0.308. The van der Waals surface area contributed by atoms with Crippen LogP contribution < -0.4 is 14.8 Å². The normalized spacial score (nSPS) is 14.7. The van der Waals surface area contributed by atoms with Crippen LogP contribution in [-0.2, 0) is 17.8 Å². The fourth-order valence-corrected chi connectivity index (χ4v) is 4.00. The first-order chi connectivity index (χ1) is 15.7. The number of aromatic nitrogens is 1. The second-order valence-electron chi connectivity index (χ2n) is 8.06. The predicted octanol–water partition coefficient (Wildman–Crippen LogP) is 4.21. The molecule has 3 aromatic rings. The highest BCUT2D eigenvalue weighted by Crippen LogP contribution is 2.31. The number of carbonyl (C=O) groups excluding carboxylic acids is 1. The number of piperidine rings is 1. The summed E-state index contributed by atoms with van der Waals surface area (Å²) < 4.78 is 11.4. The van der Waals surface area contributed by atoms with Crippen molar-refractivity contribution in [2.24, 2.45) is 0 Å². The van der Waals surface area contributed by atoms with E-state index in [9.17, 15) is 4.79 Å². The molecule has 0 atom stereocenters. The molecular weight excluding hydrogens is 402 g/mol. The summed E-state index contributed by atoms with van der Waals surface area (Å²) in [6, 6.07) is 19.8. The third-order valence-corrected chi connectivity index (χ3v) is 5.64. The molecule has 0 unspecified atom stereocenters. The van der Waals surface area contributed by atoms with Gasteiger partial charge in [-0.1, -0.05) is 30.3 Å². The molecule has 32 heavy (non-hydrogen) atoms. The van der Waals surface area contributed by atoms with Gasteiger partial charge >= 0.3 is 0 Å². The summed E-state index contributed by atoms with van der Waals surface area (Å²) in [5.74, 6) is 2.28. The minimum absolute atomic E-state index is 0.0673. The van der Waals surface area contributed by atoms with Gasteiger partial charge in [-0.3, -0.25) is 14.7 Å². The molecule has 0 aliphatic carbocycles. The van der Waals surface area contributed by atoms with E-state index < -0.39 is 0 Å². The molecule has 2 heterocycles. The van der Waals surface area contributed by atoms with E-state index in [1.54, 1.807) is 19.5 Å². The molecule has 1 aromatic heterocycles. The van der Waals surface area contributed by atoms with E-state index in [0.717, 1.165) is 43.8 Å². The van der Waals surface area contributed by atoms with E-state index in [1.165, 1.54) is 5.56 Å². The second kappa shape index (κ2) is 10.8. The summed E-state index contributed by atoms with van der Waals surface area (Å²) in [6.45, 7) is 2.77. The maximum absolute atomic E-state index is 12.3. The highest BCUT2D eigenvalue weighted by Gasteiger charge is 2.21. The first-order valence-electron chi connectivity index (χ1n) is 11.0. The SMILES string of the molecule is COc1ccccc1Oc1cccc(CN2CCC(NC(=O)Cc3cccnc3)CC2)c1. The number of hydrogen-bond donors (Lipinski definition) is 1. The monoisotopic (exact) mass is 431 g/mol. The van der Waals surface area contributed by atoms with E-state index >= 15 is 0 Å². The lowest BCUT2D eigenvalue weighted by molar-refractivity contribution is -0.121. The highest BCUT2D eigenvalue weighted by atomic mass is 16.5. The van der Waals surface area contributed by atoms with E-state index in [4.69, 9.17) is 9.47 Å². The van der Waals surface area contributed by atoms with Crippen LogP contribution in [0.1, 0.15) is 24.0 Å². The lowest BCUT2D eigenvalue weighted by Gasteiger charge is -2.32. The standard InChI is InChI=1S/C26H29N3O3/c1-31-24-9-2-3-10-25(24)32-23-8-4-6-21(16-23)19-29-14-11-22(12-15-29)28-26(30)17-20-7-5-13-27-18-20/h2-10,13,16,18,22H,11-12,14-15,17,19H2,1H3,(H,28,30). The molecule has 1 aliphatic heterocycles. The number of nitrogens with zero attached hydrogens (tertiary/aromatic N) is 2. The van der Waals surface area contributed by atoms with E-state index in [0.29, 0.717) is 17.9 Å². The lowest BCUT2D eigenvalue weighted by Crippen LogP contribution is -2.44. The Morgan fingerprint density at radius 1 is 1.03 bits per heavy atom. The third kappa shape index (κ3) is 6.08. The Morgan fingerprint density at radius 2 is 1.81 bits per heavy atom. The topological polar surface area (TPSA) is 63.7 Å². The molecule has 0 radical (unpaired) electrons. The number of rotatable bonds is 8. The molecule has 0 spiro atoms. The summed E-state index contributed by atoms with van der Waals surface area (Å²) in [5.41, 5.74) is 2.15. The molecule has 0 bridgehead atoms. The Labute approximate surface area is 189 Å². The van der Waals surface area contributed by atoms with Gasteiger partial charge in [0.25, 0.3) is 0 Å². The molecule has 1 amide bonds. The van der Waals surface area contributed by atoms with Gasteiger partial charge in [-0.25, -0.2) is 0 Å². The largest absolute Gasteiger partial charge is 0.493 e.